The third kappa shape index (κ3) is 6.69. The van der Waals surface area contributed by atoms with Crippen molar-refractivity contribution < 1.29 is 17.6 Å². The maximum Gasteiger partial charge on any atom is 0.241 e. The van der Waals surface area contributed by atoms with Crippen LogP contribution < -0.4 is 9.62 Å². The van der Waals surface area contributed by atoms with Gasteiger partial charge in [0, 0.05) is 18.3 Å². The van der Waals surface area contributed by atoms with Gasteiger partial charge in [0.05, 0.1) is 25.6 Å². The number of piperidine rings is 1. The number of rotatable bonds is 9. The highest BCUT2D eigenvalue weighted by atomic mass is 32.2. The Labute approximate surface area is 172 Å². The van der Waals surface area contributed by atoms with Gasteiger partial charge >= 0.3 is 0 Å². The fourth-order valence-electron chi connectivity index (χ4n) is 3.75. The minimum Gasteiger partial charge on any atom is -0.467 e. The fraction of sp³-hybridized carbons (Fsp3) is 0.476. The van der Waals surface area contributed by atoms with Crippen LogP contribution in [0.25, 0.3) is 0 Å². The largest absolute Gasteiger partial charge is 0.467 e. The average molecular weight is 420 g/mol. The van der Waals surface area contributed by atoms with E-state index in [9.17, 15) is 13.2 Å². The zero-order valence-electron chi connectivity index (χ0n) is 16.8. The van der Waals surface area contributed by atoms with Crippen LogP contribution in [0.5, 0.6) is 0 Å². The second-order valence-electron chi connectivity index (χ2n) is 7.47. The summed E-state index contributed by atoms with van der Waals surface area (Å²) in [4.78, 5) is 17.2. The first-order valence-corrected chi connectivity index (χ1v) is 11.9. The molecule has 1 fully saturated rings. The Bertz CT molecular complexity index is 869. The van der Waals surface area contributed by atoms with E-state index in [2.05, 4.69) is 9.62 Å². The van der Waals surface area contributed by atoms with Crippen molar-refractivity contribution in [3.05, 3.63) is 54.5 Å². The van der Waals surface area contributed by atoms with Crippen LogP contribution in [0.15, 0.2) is 53.1 Å². The maximum atomic E-state index is 13.2. The molecule has 1 aromatic heterocycles. The first kappa shape index (κ1) is 21.5. The van der Waals surface area contributed by atoms with Gasteiger partial charge in [0.2, 0.25) is 15.9 Å². The van der Waals surface area contributed by atoms with Crippen LogP contribution in [-0.2, 0) is 21.4 Å². The van der Waals surface area contributed by atoms with Crippen molar-refractivity contribution in [1.29, 1.82) is 0 Å². The minimum absolute atomic E-state index is 0.00979. The fourth-order valence-corrected chi connectivity index (χ4v) is 4.24. The molecule has 1 saturated heterocycles. The van der Waals surface area contributed by atoms with Crippen LogP contribution in [0.1, 0.15) is 31.4 Å². The van der Waals surface area contributed by atoms with Gasteiger partial charge in [-0.1, -0.05) is 24.6 Å². The van der Waals surface area contributed by atoms with Crippen molar-refractivity contribution in [1.82, 2.24) is 9.62 Å². The highest BCUT2D eigenvalue weighted by Gasteiger charge is 2.27. The van der Waals surface area contributed by atoms with E-state index in [1.807, 2.05) is 42.5 Å². The molecule has 7 nitrogen and oxygen atoms in total. The molecule has 3 rings (SSSR count). The van der Waals surface area contributed by atoms with E-state index in [1.165, 1.54) is 6.26 Å². The number of nitrogens with zero attached hydrogens (tertiary/aromatic N) is 2. The summed E-state index contributed by atoms with van der Waals surface area (Å²) in [5, 5.41) is 0. The van der Waals surface area contributed by atoms with Crippen molar-refractivity contribution in [2.75, 3.05) is 30.8 Å². The van der Waals surface area contributed by atoms with Crippen molar-refractivity contribution >= 4 is 21.6 Å². The summed E-state index contributed by atoms with van der Waals surface area (Å²) in [6.45, 7) is 1.92. The van der Waals surface area contributed by atoms with Gasteiger partial charge in [0.25, 0.3) is 0 Å². The average Bonchev–Trinajstić information content (AvgIpc) is 3.20. The molecule has 0 spiro atoms. The number of furan rings is 1. The molecule has 1 unspecified atom stereocenters. The number of anilines is 1. The number of para-hydroxylation sites is 1. The maximum absolute atomic E-state index is 13.2. The first-order chi connectivity index (χ1) is 13.9. The lowest BCUT2D eigenvalue weighted by atomic mass is 9.99. The van der Waals surface area contributed by atoms with Crippen molar-refractivity contribution in [3.8, 4) is 0 Å². The number of amides is 1. The van der Waals surface area contributed by atoms with Gasteiger partial charge in [-0.2, -0.15) is 0 Å². The SMILES string of the molecule is CS(=O)(=O)NCCC1CCCCN1CC(=O)N(Cc1ccco1)c1ccccc1. The van der Waals surface area contributed by atoms with Crippen LogP contribution >= 0.6 is 0 Å². The standard InChI is InChI=1S/C21H29N3O4S/c1-29(26,27)22-13-12-18-8-5-6-14-23(18)17-21(25)24(16-20-11-7-15-28-20)19-9-3-2-4-10-19/h2-4,7,9-11,15,18,22H,5-6,8,12-14,16-17H2,1H3. The number of sulfonamides is 1. The molecule has 8 heteroatoms. The Hall–Kier alpha value is -2.16. The molecule has 1 aliphatic rings. The lowest BCUT2D eigenvalue weighted by Crippen LogP contribution is -2.47. The lowest BCUT2D eigenvalue weighted by Gasteiger charge is -2.36. The predicted molar refractivity (Wildman–Crippen MR) is 113 cm³/mol. The number of hydrogen-bond acceptors (Lipinski definition) is 5. The number of hydrogen-bond donors (Lipinski definition) is 1. The molecule has 0 aliphatic carbocycles. The minimum atomic E-state index is -3.20. The molecule has 2 aromatic rings. The van der Waals surface area contributed by atoms with Gasteiger partial charge in [0.15, 0.2) is 0 Å². The Morgan fingerprint density at radius 1 is 1.21 bits per heavy atom. The van der Waals surface area contributed by atoms with E-state index >= 15 is 0 Å². The van der Waals surface area contributed by atoms with E-state index < -0.39 is 10.0 Å². The number of likely N-dealkylation sites (tertiary alicyclic amines) is 1. The number of benzene rings is 1. The molecule has 1 aliphatic heterocycles. The van der Waals surface area contributed by atoms with Gasteiger partial charge in [0.1, 0.15) is 5.76 Å². The summed E-state index contributed by atoms with van der Waals surface area (Å²) >= 11 is 0. The van der Waals surface area contributed by atoms with Gasteiger partial charge < -0.3 is 9.32 Å². The summed E-state index contributed by atoms with van der Waals surface area (Å²) < 4.78 is 30.7. The van der Waals surface area contributed by atoms with Crippen LogP contribution in [-0.4, -0.2) is 51.2 Å². The van der Waals surface area contributed by atoms with Gasteiger partial charge in [-0.25, -0.2) is 13.1 Å². The van der Waals surface area contributed by atoms with Crippen LogP contribution in [0, 0.1) is 0 Å². The van der Waals surface area contributed by atoms with Gasteiger partial charge in [-0.15, -0.1) is 0 Å². The molecule has 1 aromatic carbocycles. The zero-order valence-corrected chi connectivity index (χ0v) is 17.6. The highest BCUT2D eigenvalue weighted by molar-refractivity contribution is 7.88. The first-order valence-electron chi connectivity index (χ1n) is 9.99. The van der Waals surface area contributed by atoms with E-state index in [-0.39, 0.29) is 11.9 Å². The van der Waals surface area contributed by atoms with E-state index in [0.29, 0.717) is 26.1 Å². The van der Waals surface area contributed by atoms with Crippen molar-refractivity contribution in [2.45, 2.75) is 38.3 Å². The monoisotopic (exact) mass is 419 g/mol. The molecule has 0 radical (unpaired) electrons. The smallest absolute Gasteiger partial charge is 0.241 e. The summed E-state index contributed by atoms with van der Waals surface area (Å²) in [5.74, 6) is 0.741. The quantitative estimate of drug-likeness (QED) is 0.676. The summed E-state index contributed by atoms with van der Waals surface area (Å²) in [5.41, 5.74) is 0.834. The molecule has 1 atom stereocenters. The molecule has 1 N–H and O–H groups in total. The molecule has 0 bridgehead atoms. The number of nitrogens with one attached hydrogen (secondary N) is 1. The van der Waals surface area contributed by atoms with Crippen molar-refractivity contribution in [2.24, 2.45) is 0 Å². The highest BCUT2D eigenvalue weighted by Crippen LogP contribution is 2.22. The summed E-state index contributed by atoms with van der Waals surface area (Å²) in [6.07, 6.45) is 6.60. The van der Waals surface area contributed by atoms with Crippen LogP contribution in [0.3, 0.4) is 0 Å². The summed E-state index contributed by atoms with van der Waals surface area (Å²) in [6, 6.07) is 13.5. The van der Waals surface area contributed by atoms with Crippen molar-refractivity contribution in [3.63, 3.8) is 0 Å². The third-order valence-electron chi connectivity index (χ3n) is 5.19. The number of carbonyl (C=O) groups excluding carboxylic acids is 1. The summed E-state index contributed by atoms with van der Waals surface area (Å²) in [7, 11) is -3.20. The van der Waals surface area contributed by atoms with Gasteiger partial charge in [-0.05, 0) is 50.1 Å². The van der Waals surface area contributed by atoms with Gasteiger partial charge in [-0.3, -0.25) is 9.69 Å². The Balaban J connectivity index is 1.68. The lowest BCUT2D eigenvalue weighted by molar-refractivity contribution is -0.120. The predicted octanol–water partition coefficient (Wildman–Crippen LogP) is 2.61. The topological polar surface area (TPSA) is 82.9 Å². The second kappa shape index (κ2) is 10.0. The molecular weight excluding hydrogens is 390 g/mol. The Morgan fingerprint density at radius 3 is 2.69 bits per heavy atom. The molecule has 2 heterocycles. The zero-order chi connectivity index (χ0) is 20.7. The normalized spacial score (nSPS) is 17.9. The number of carbonyl (C=O) groups is 1. The molecule has 158 valence electrons. The van der Waals surface area contributed by atoms with Crippen LogP contribution in [0.4, 0.5) is 5.69 Å². The van der Waals surface area contributed by atoms with E-state index in [0.717, 1.165) is 37.3 Å². The third-order valence-corrected chi connectivity index (χ3v) is 5.92. The molecular formula is C21H29N3O4S. The second-order valence-corrected chi connectivity index (χ2v) is 9.30. The molecule has 29 heavy (non-hydrogen) atoms. The van der Waals surface area contributed by atoms with Crippen LogP contribution in [0.2, 0.25) is 0 Å². The Morgan fingerprint density at radius 2 is 2.00 bits per heavy atom. The molecule has 1 amide bonds. The van der Waals surface area contributed by atoms with E-state index in [1.54, 1.807) is 11.2 Å². The Kier molecular flexibility index (Phi) is 7.46. The van der Waals surface area contributed by atoms with E-state index in [4.69, 9.17) is 4.42 Å². The molecule has 0 saturated carbocycles.